The Balaban J connectivity index is 1.46. The second kappa shape index (κ2) is 7.74. The normalized spacial score (nSPS) is 15.3. The molecule has 4 aromatic carbocycles. The number of H-pyrrole nitrogens is 2. The molecule has 3 heterocycles. The maximum atomic E-state index is 13.9. The summed E-state index contributed by atoms with van der Waals surface area (Å²) in [5, 5.41) is 2.29. The largest absolute Gasteiger partial charge is 0.361 e. The Bertz CT molecular complexity index is 1710. The molecule has 35 heavy (non-hydrogen) atoms. The fourth-order valence-electron chi connectivity index (χ4n) is 5.57. The summed E-state index contributed by atoms with van der Waals surface area (Å²) in [6, 6.07) is 34.9. The smallest absolute Gasteiger partial charge is 0.255 e. The van der Waals surface area contributed by atoms with Gasteiger partial charge in [-0.05, 0) is 34.9 Å². The van der Waals surface area contributed by atoms with Crippen molar-refractivity contribution in [3.8, 4) is 11.3 Å². The standard InChI is InChI=1S/C31H23N3O/c35-31-24-14-5-4-13-23(24)30(34(31)19-21-18-32-26-16-8-6-12-22(21)26)28-25-15-7-9-17-27(25)33-29(28)20-10-2-1-3-11-20/h1-18,30,32-33H,19H2/t30-/m0/s1. The summed E-state index contributed by atoms with van der Waals surface area (Å²) in [5.74, 6) is 0.0696. The van der Waals surface area contributed by atoms with Gasteiger partial charge in [0, 0.05) is 45.7 Å². The first-order chi connectivity index (χ1) is 17.3. The third-order valence-corrected chi connectivity index (χ3v) is 7.16. The molecule has 0 saturated heterocycles. The van der Waals surface area contributed by atoms with Crippen LogP contribution in [-0.4, -0.2) is 20.8 Å². The Hall–Kier alpha value is -4.57. The van der Waals surface area contributed by atoms with Crippen molar-refractivity contribution in [2.75, 3.05) is 0 Å². The van der Waals surface area contributed by atoms with Crippen molar-refractivity contribution in [3.05, 3.63) is 132 Å². The van der Waals surface area contributed by atoms with E-state index in [0.717, 1.165) is 55.3 Å². The number of hydrogen-bond donors (Lipinski definition) is 2. The number of carbonyl (C=O) groups excluding carboxylic acids is 1. The Kier molecular flexibility index (Phi) is 4.39. The molecule has 0 fully saturated rings. The van der Waals surface area contributed by atoms with Gasteiger partial charge in [0.05, 0.1) is 11.7 Å². The van der Waals surface area contributed by atoms with Gasteiger partial charge in [0.15, 0.2) is 0 Å². The number of benzene rings is 4. The Morgan fingerprint density at radius 1 is 0.714 bits per heavy atom. The van der Waals surface area contributed by atoms with Crippen LogP contribution < -0.4 is 0 Å². The number of rotatable bonds is 4. The number of aromatic nitrogens is 2. The van der Waals surface area contributed by atoms with Crippen molar-refractivity contribution in [1.29, 1.82) is 0 Å². The van der Waals surface area contributed by atoms with Gasteiger partial charge in [-0.15, -0.1) is 0 Å². The molecule has 1 atom stereocenters. The third-order valence-electron chi connectivity index (χ3n) is 7.16. The number of hydrogen-bond acceptors (Lipinski definition) is 1. The van der Waals surface area contributed by atoms with Gasteiger partial charge in [-0.2, -0.15) is 0 Å². The molecule has 1 aliphatic heterocycles. The highest BCUT2D eigenvalue weighted by Gasteiger charge is 2.40. The maximum Gasteiger partial charge on any atom is 0.255 e. The lowest BCUT2D eigenvalue weighted by atomic mass is 9.93. The highest BCUT2D eigenvalue weighted by atomic mass is 16.2. The maximum absolute atomic E-state index is 13.9. The number of para-hydroxylation sites is 2. The van der Waals surface area contributed by atoms with E-state index >= 15 is 0 Å². The number of fused-ring (bicyclic) bond motifs is 3. The van der Waals surface area contributed by atoms with Crippen molar-refractivity contribution in [2.45, 2.75) is 12.6 Å². The molecule has 6 aromatic rings. The molecule has 0 unspecified atom stereocenters. The Morgan fingerprint density at radius 2 is 1.40 bits per heavy atom. The summed E-state index contributed by atoms with van der Waals surface area (Å²) in [6.07, 6.45) is 2.03. The fraction of sp³-hybridized carbons (Fsp3) is 0.0645. The molecule has 0 saturated carbocycles. The van der Waals surface area contributed by atoms with Gasteiger partial charge in [-0.25, -0.2) is 0 Å². The minimum atomic E-state index is -0.196. The van der Waals surface area contributed by atoms with Crippen LogP contribution in [-0.2, 0) is 6.54 Å². The number of amides is 1. The van der Waals surface area contributed by atoms with E-state index in [4.69, 9.17) is 0 Å². The second-order valence-electron chi connectivity index (χ2n) is 9.11. The number of nitrogens with one attached hydrogen (secondary N) is 2. The third kappa shape index (κ3) is 3.03. The Labute approximate surface area is 202 Å². The number of carbonyl (C=O) groups is 1. The summed E-state index contributed by atoms with van der Waals surface area (Å²) in [7, 11) is 0. The van der Waals surface area contributed by atoms with Crippen LogP contribution in [0.2, 0.25) is 0 Å². The molecular formula is C31H23N3O. The van der Waals surface area contributed by atoms with Crippen LogP contribution in [0.4, 0.5) is 0 Å². The molecule has 0 spiro atoms. The molecule has 2 N–H and O–H groups in total. The van der Waals surface area contributed by atoms with Gasteiger partial charge in [-0.1, -0.05) is 84.9 Å². The van der Waals surface area contributed by atoms with Gasteiger partial charge in [-0.3, -0.25) is 4.79 Å². The predicted molar refractivity (Wildman–Crippen MR) is 140 cm³/mol. The van der Waals surface area contributed by atoms with E-state index in [2.05, 4.69) is 76.7 Å². The Morgan fingerprint density at radius 3 is 2.26 bits per heavy atom. The van der Waals surface area contributed by atoms with Crippen molar-refractivity contribution in [1.82, 2.24) is 14.9 Å². The van der Waals surface area contributed by atoms with Crippen LogP contribution >= 0.6 is 0 Å². The van der Waals surface area contributed by atoms with Crippen LogP contribution in [0.1, 0.15) is 33.1 Å². The quantitative estimate of drug-likeness (QED) is 0.295. The molecule has 0 radical (unpaired) electrons. The molecule has 7 rings (SSSR count). The molecule has 2 aromatic heterocycles. The van der Waals surface area contributed by atoms with Crippen LogP contribution in [0, 0.1) is 0 Å². The minimum absolute atomic E-state index is 0.0696. The zero-order valence-electron chi connectivity index (χ0n) is 19.0. The lowest BCUT2D eigenvalue weighted by Crippen LogP contribution is -2.28. The van der Waals surface area contributed by atoms with Crippen molar-refractivity contribution in [2.24, 2.45) is 0 Å². The van der Waals surface area contributed by atoms with Crippen molar-refractivity contribution >= 4 is 27.7 Å². The fourth-order valence-corrected chi connectivity index (χ4v) is 5.57. The topological polar surface area (TPSA) is 51.9 Å². The lowest BCUT2D eigenvalue weighted by Gasteiger charge is -2.26. The summed E-state index contributed by atoms with van der Waals surface area (Å²) in [5.41, 5.74) is 8.43. The van der Waals surface area contributed by atoms with E-state index in [9.17, 15) is 4.79 Å². The molecule has 1 amide bonds. The molecule has 4 heteroatoms. The molecular weight excluding hydrogens is 430 g/mol. The van der Waals surface area contributed by atoms with Crippen LogP contribution in [0.3, 0.4) is 0 Å². The summed E-state index contributed by atoms with van der Waals surface area (Å²) in [6.45, 7) is 0.524. The zero-order valence-corrected chi connectivity index (χ0v) is 19.0. The summed E-state index contributed by atoms with van der Waals surface area (Å²) >= 11 is 0. The zero-order chi connectivity index (χ0) is 23.4. The highest BCUT2D eigenvalue weighted by Crippen LogP contribution is 2.46. The first-order valence-corrected chi connectivity index (χ1v) is 11.9. The molecule has 1 aliphatic rings. The first kappa shape index (κ1) is 19.9. The van der Waals surface area contributed by atoms with Gasteiger partial charge in [0.1, 0.15) is 0 Å². The average molecular weight is 454 g/mol. The average Bonchev–Trinajstić information content (AvgIpc) is 3.58. The van der Waals surface area contributed by atoms with Crippen LogP contribution in [0.25, 0.3) is 33.1 Å². The van der Waals surface area contributed by atoms with E-state index in [1.165, 1.54) is 0 Å². The molecule has 0 aliphatic carbocycles. The van der Waals surface area contributed by atoms with E-state index in [0.29, 0.717) is 6.54 Å². The van der Waals surface area contributed by atoms with Gasteiger partial charge >= 0.3 is 0 Å². The van der Waals surface area contributed by atoms with E-state index in [-0.39, 0.29) is 11.9 Å². The van der Waals surface area contributed by atoms with E-state index in [1.807, 2.05) is 47.5 Å². The number of nitrogens with zero attached hydrogens (tertiary/aromatic N) is 1. The van der Waals surface area contributed by atoms with Gasteiger partial charge in [0.25, 0.3) is 5.91 Å². The highest BCUT2D eigenvalue weighted by molar-refractivity contribution is 6.02. The van der Waals surface area contributed by atoms with Crippen molar-refractivity contribution in [3.63, 3.8) is 0 Å². The van der Waals surface area contributed by atoms with E-state index < -0.39 is 0 Å². The molecule has 4 nitrogen and oxygen atoms in total. The predicted octanol–water partition coefficient (Wildman–Crippen LogP) is 7.06. The lowest BCUT2D eigenvalue weighted by molar-refractivity contribution is 0.0738. The molecule has 168 valence electrons. The summed E-state index contributed by atoms with van der Waals surface area (Å²) < 4.78 is 0. The monoisotopic (exact) mass is 453 g/mol. The van der Waals surface area contributed by atoms with E-state index in [1.54, 1.807) is 0 Å². The first-order valence-electron chi connectivity index (χ1n) is 11.9. The SMILES string of the molecule is O=C1c2ccccc2[C@@H](c2c(-c3ccccc3)[nH]c3ccccc23)N1Cc1c[nH]c2ccccc12. The minimum Gasteiger partial charge on any atom is -0.361 e. The summed E-state index contributed by atoms with van der Waals surface area (Å²) in [4.78, 5) is 22.9. The molecule has 0 bridgehead atoms. The number of aromatic amines is 2. The van der Waals surface area contributed by atoms with Gasteiger partial charge in [0.2, 0.25) is 0 Å². The second-order valence-corrected chi connectivity index (χ2v) is 9.11. The van der Waals surface area contributed by atoms with Crippen molar-refractivity contribution < 1.29 is 4.79 Å². The van der Waals surface area contributed by atoms with Crippen LogP contribution in [0.15, 0.2) is 109 Å². The van der Waals surface area contributed by atoms with Gasteiger partial charge < -0.3 is 14.9 Å². The van der Waals surface area contributed by atoms with Crippen LogP contribution in [0.5, 0.6) is 0 Å².